The first-order chi connectivity index (χ1) is 11.7. The summed E-state index contributed by atoms with van der Waals surface area (Å²) in [7, 11) is 0. The van der Waals surface area contributed by atoms with Gasteiger partial charge in [0.05, 0.1) is 0 Å². The van der Waals surface area contributed by atoms with Crippen molar-refractivity contribution >= 4 is 17.7 Å². The van der Waals surface area contributed by atoms with Crippen molar-refractivity contribution in [1.82, 2.24) is 5.32 Å². The normalized spacial score (nSPS) is 11.8. The summed E-state index contributed by atoms with van der Waals surface area (Å²) in [6.45, 7) is 2.45. The Labute approximate surface area is 146 Å². The third kappa shape index (κ3) is 5.89. The number of halogens is 1. The lowest BCUT2D eigenvalue weighted by Crippen LogP contribution is -2.39. The van der Waals surface area contributed by atoms with Crippen molar-refractivity contribution in [2.24, 2.45) is 0 Å². The summed E-state index contributed by atoms with van der Waals surface area (Å²) in [5.41, 5.74) is 0.688. The summed E-state index contributed by atoms with van der Waals surface area (Å²) >= 11 is 1.59. The molecule has 0 aliphatic rings. The van der Waals surface area contributed by atoms with E-state index in [0.717, 1.165) is 5.75 Å². The molecule has 0 aliphatic heterocycles. The Balaban J connectivity index is 1.69. The Morgan fingerprint density at radius 3 is 2.58 bits per heavy atom. The van der Waals surface area contributed by atoms with Crippen LogP contribution in [-0.2, 0) is 10.5 Å². The number of nitrogens with one attached hydrogen (secondary N) is 1. The molecule has 2 aromatic rings. The number of hydrogen-bond donors (Lipinski definition) is 1. The van der Waals surface area contributed by atoms with Gasteiger partial charge in [0, 0.05) is 18.1 Å². The highest BCUT2D eigenvalue weighted by Crippen LogP contribution is 2.15. The van der Waals surface area contributed by atoms with E-state index in [1.807, 2.05) is 43.3 Å². The molecule has 0 heterocycles. The highest BCUT2D eigenvalue weighted by Gasteiger charge is 2.17. The van der Waals surface area contributed by atoms with Crippen LogP contribution in [0.5, 0.6) is 5.75 Å². The predicted molar refractivity (Wildman–Crippen MR) is 96.7 cm³/mol. The largest absolute Gasteiger partial charge is 0.481 e. The summed E-state index contributed by atoms with van der Waals surface area (Å²) in [4.78, 5) is 12.2. The van der Waals surface area contributed by atoms with E-state index in [4.69, 9.17) is 4.74 Å². The molecule has 2 aromatic carbocycles. The van der Waals surface area contributed by atoms with Gasteiger partial charge in [-0.05, 0) is 30.2 Å². The zero-order valence-corrected chi connectivity index (χ0v) is 14.5. The third-order valence-electron chi connectivity index (χ3n) is 3.45. The van der Waals surface area contributed by atoms with Crippen molar-refractivity contribution in [1.29, 1.82) is 0 Å². The lowest BCUT2D eigenvalue weighted by atomic mass is 10.2. The lowest BCUT2D eigenvalue weighted by molar-refractivity contribution is -0.127. The molecule has 3 nitrogen and oxygen atoms in total. The Morgan fingerprint density at radius 2 is 1.88 bits per heavy atom. The van der Waals surface area contributed by atoms with E-state index in [-0.39, 0.29) is 11.7 Å². The third-order valence-corrected chi connectivity index (χ3v) is 4.45. The van der Waals surface area contributed by atoms with Gasteiger partial charge in [-0.3, -0.25) is 4.79 Å². The van der Waals surface area contributed by atoms with E-state index >= 15 is 0 Å². The van der Waals surface area contributed by atoms with Gasteiger partial charge in [0.2, 0.25) is 0 Å². The molecule has 1 N–H and O–H groups in total. The minimum Gasteiger partial charge on any atom is -0.481 e. The first kappa shape index (κ1) is 18.3. The van der Waals surface area contributed by atoms with E-state index in [1.54, 1.807) is 23.9 Å². The van der Waals surface area contributed by atoms with Crippen molar-refractivity contribution in [3.63, 3.8) is 0 Å². The smallest absolute Gasteiger partial charge is 0.261 e. The lowest BCUT2D eigenvalue weighted by Gasteiger charge is -2.17. The molecule has 24 heavy (non-hydrogen) atoms. The second-order valence-corrected chi connectivity index (χ2v) is 6.37. The van der Waals surface area contributed by atoms with Gasteiger partial charge in [-0.25, -0.2) is 4.39 Å². The van der Waals surface area contributed by atoms with Crippen molar-refractivity contribution in [2.45, 2.75) is 25.2 Å². The number of rotatable bonds is 9. The Bertz CT molecular complexity index is 636. The fraction of sp³-hybridized carbons (Fsp3) is 0.316. The number of carbonyl (C=O) groups is 1. The van der Waals surface area contributed by atoms with Crippen LogP contribution in [0.3, 0.4) is 0 Å². The van der Waals surface area contributed by atoms with E-state index in [2.05, 4.69) is 5.32 Å². The van der Waals surface area contributed by atoms with E-state index < -0.39 is 6.10 Å². The molecule has 1 atom stereocenters. The Kier molecular flexibility index (Phi) is 7.62. The SMILES string of the molecule is CC[C@@H](Oc1ccccc1)C(=O)NCCSCc1ccccc1F. The van der Waals surface area contributed by atoms with Gasteiger partial charge in [0.25, 0.3) is 5.91 Å². The van der Waals surface area contributed by atoms with Crippen molar-refractivity contribution in [3.05, 3.63) is 66.0 Å². The van der Waals surface area contributed by atoms with Gasteiger partial charge in [0.1, 0.15) is 11.6 Å². The molecule has 2 rings (SSSR count). The summed E-state index contributed by atoms with van der Waals surface area (Å²) in [5, 5.41) is 2.88. The number of hydrogen-bond acceptors (Lipinski definition) is 3. The number of ether oxygens (including phenoxy) is 1. The molecule has 0 aromatic heterocycles. The van der Waals surface area contributed by atoms with Crippen molar-refractivity contribution < 1.29 is 13.9 Å². The van der Waals surface area contributed by atoms with Crippen LogP contribution in [0.1, 0.15) is 18.9 Å². The molecule has 0 aliphatic carbocycles. The van der Waals surface area contributed by atoms with E-state index in [1.165, 1.54) is 6.07 Å². The zero-order valence-electron chi connectivity index (χ0n) is 13.7. The van der Waals surface area contributed by atoms with Crippen molar-refractivity contribution in [3.8, 4) is 5.75 Å². The van der Waals surface area contributed by atoms with Gasteiger partial charge in [0.15, 0.2) is 6.10 Å². The fourth-order valence-corrected chi connectivity index (χ4v) is 2.99. The molecule has 128 valence electrons. The molecule has 0 radical (unpaired) electrons. The summed E-state index contributed by atoms with van der Waals surface area (Å²) < 4.78 is 19.2. The molecule has 1 amide bonds. The quantitative estimate of drug-likeness (QED) is 0.696. The van der Waals surface area contributed by atoms with Gasteiger partial charge < -0.3 is 10.1 Å². The fourth-order valence-electron chi connectivity index (χ4n) is 2.14. The molecule has 0 saturated heterocycles. The number of thioether (sulfide) groups is 1. The van der Waals surface area contributed by atoms with Gasteiger partial charge >= 0.3 is 0 Å². The number of benzene rings is 2. The standard InChI is InChI=1S/C19H22FNO2S/c1-2-18(23-16-9-4-3-5-10-16)19(22)21-12-13-24-14-15-8-6-7-11-17(15)20/h3-11,18H,2,12-14H2,1H3,(H,21,22)/t18-/m1/s1. The maximum Gasteiger partial charge on any atom is 0.261 e. The highest BCUT2D eigenvalue weighted by atomic mass is 32.2. The molecule has 0 saturated carbocycles. The molecular formula is C19H22FNO2S. The molecule has 0 fully saturated rings. The van der Waals surface area contributed by atoms with Crippen LogP contribution in [-0.4, -0.2) is 24.3 Å². The van der Waals surface area contributed by atoms with Crippen LogP contribution in [0, 0.1) is 5.82 Å². The first-order valence-electron chi connectivity index (χ1n) is 8.01. The average molecular weight is 347 g/mol. The van der Waals surface area contributed by atoms with Gasteiger partial charge in [-0.2, -0.15) is 11.8 Å². The summed E-state index contributed by atoms with van der Waals surface area (Å²) in [6, 6.07) is 16.1. The minimum atomic E-state index is -0.496. The summed E-state index contributed by atoms with van der Waals surface area (Å²) in [6.07, 6.45) is 0.104. The Morgan fingerprint density at radius 1 is 1.17 bits per heavy atom. The van der Waals surface area contributed by atoms with Gasteiger partial charge in [-0.15, -0.1) is 0 Å². The topological polar surface area (TPSA) is 38.3 Å². The Hall–Kier alpha value is -2.01. The maximum atomic E-state index is 13.5. The molecule has 0 spiro atoms. The van der Waals surface area contributed by atoms with E-state index in [9.17, 15) is 9.18 Å². The number of amides is 1. The summed E-state index contributed by atoms with van der Waals surface area (Å²) in [5.74, 6) is 1.71. The molecule has 0 unspecified atom stereocenters. The highest BCUT2D eigenvalue weighted by molar-refractivity contribution is 7.98. The predicted octanol–water partition coefficient (Wildman–Crippen LogP) is 4.03. The first-order valence-corrected chi connectivity index (χ1v) is 9.16. The minimum absolute atomic E-state index is 0.118. The molecule has 5 heteroatoms. The molecular weight excluding hydrogens is 325 g/mol. The maximum absolute atomic E-state index is 13.5. The van der Waals surface area contributed by atoms with Crippen LogP contribution in [0.25, 0.3) is 0 Å². The van der Waals surface area contributed by atoms with Crippen LogP contribution in [0.15, 0.2) is 54.6 Å². The monoisotopic (exact) mass is 347 g/mol. The van der Waals surface area contributed by atoms with Crippen LogP contribution in [0.2, 0.25) is 0 Å². The van der Waals surface area contributed by atoms with E-state index in [0.29, 0.717) is 30.0 Å². The zero-order chi connectivity index (χ0) is 17.2. The second-order valence-electron chi connectivity index (χ2n) is 5.26. The van der Waals surface area contributed by atoms with Crippen LogP contribution < -0.4 is 10.1 Å². The second kappa shape index (κ2) is 9.98. The molecule has 0 bridgehead atoms. The van der Waals surface area contributed by atoms with Crippen molar-refractivity contribution in [2.75, 3.05) is 12.3 Å². The number of carbonyl (C=O) groups excluding carboxylic acids is 1. The van der Waals surface area contributed by atoms with Crippen LogP contribution >= 0.6 is 11.8 Å². The van der Waals surface area contributed by atoms with Crippen LogP contribution in [0.4, 0.5) is 4.39 Å². The number of para-hydroxylation sites is 1. The van der Waals surface area contributed by atoms with Gasteiger partial charge in [-0.1, -0.05) is 43.3 Å². The average Bonchev–Trinajstić information content (AvgIpc) is 2.61.